The topological polar surface area (TPSA) is 80.4 Å². The van der Waals surface area contributed by atoms with Crippen molar-refractivity contribution in [3.63, 3.8) is 0 Å². The number of likely N-dealkylation sites (tertiary alicyclic amines) is 1. The molecule has 0 saturated carbocycles. The third kappa shape index (κ3) is 4.04. The highest BCUT2D eigenvalue weighted by Crippen LogP contribution is 2.26. The van der Waals surface area contributed by atoms with Crippen LogP contribution in [0.2, 0.25) is 5.02 Å². The Balaban J connectivity index is 1.61. The van der Waals surface area contributed by atoms with Crippen LogP contribution in [0.1, 0.15) is 12.2 Å². The molecule has 0 bridgehead atoms. The number of nitrogens with two attached hydrogens (primary N) is 1. The molecule has 1 aliphatic rings. The molecule has 3 rings (SSSR count). The van der Waals surface area contributed by atoms with Crippen molar-refractivity contribution in [3.8, 4) is 5.75 Å². The summed E-state index contributed by atoms with van der Waals surface area (Å²) >= 11 is 6.15. The van der Waals surface area contributed by atoms with Gasteiger partial charge in [0.05, 0.1) is 11.6 Å². The molecule has 1 atom stereocenters. The first-order chi connectivity index (χ1) is 11.5. The number of nitrogen functional groups attached to an aromatic ring is 1. The number of benzene rings is 1. The van der Waals surface area contributed by atoms with Crippen LogP contribution in [0.4, 0.5) is 11.9 Å². The van der Waals surface area contributed by atoms with Crippen LogP contribution in [0, 0.1) is 0 Å². The number of aromatic nitrogens is 3. The van der Waals surface area contributed by atoms with Crippen molar-refractivity contribution in [2.75, 3.05) is 37.8 Å². The van der Waals surface area contributed by atoms with E-state index in [4.69, 9.17) is 22.1 Å². The van der Waals surface area contributed by atoms with Crippen LogP contribution in [-0.2, 0) is 6.54 Å². The minimum atomic E-state index is 0.109. The molecule has 0 spiro atoms. The highest BCUT2D eigenvalue weighted by molar-refractivity contribution is 6.32. The molecule has 0 amide bonds. The molecule has 1 saturated heterocycles. The standard InChI is InChI=1S/C16H21ClN6O/c1-22(2)16-20-14(19-15(18)21-16)10-23-8-7-11(9-23)24-13-6-4-3-5-12(13)17/h3-6,11H,7-10H2,1-2H3,(H2,18,19,20,21). The molecule has 7 nitrogen and oxygen atoms in total. The van der Waals surface area contributed by atoms with Gasteiger partial charge in [0, 0.05) is 27.2 Å². The lowest BCUT2D eigenvalue weighted by Gasteiger charge is -2.17. The van der Waals surface area contributed by atoms with E-state index in [-0.39, 0.29) is 12.1 Å². The average molecular weight is 349 g/mol. The van der Waals surface area contributed by atoms with Gasteiger partial charge in [-0.2, -0.15) is 15.0 Å². The quantitative estimate of drug-likeness (QED) is 0.882. The third-order valence-electron chi connectivity index (χ3n) is 3.81. The lowest BCUT2D eigenvalue weighted by molar-refractivity contribution is 0.197. The van der Waals surface area contributed by atoms with Gasteiger partial charge >= 0.3 is 0 Å². The van der Waals surface area contributed by atoms with Crippen molar-refractivity contribution in [1.82, 2.24) is 19.9 Å². The molecule has 1 fully saturated rings. The summed E-state index contributed by atoms with van der Waals surface area (Å²) in [5.74, 6) is 2.21. The van der Waals surface area contributed by atoms with Crippen molar-refractivity contribution in [1.29, 1.82) is 0 Å². The molecule has 24 heavy (non-hydrogen) atoms. The van der Waals surface area contributed by atoms with Crippen LogP contribution in [0.25, 0.3) is 0 Å². The van der Waals surface area contributed by atoms with Gasteiger partial charge in [-0.25, -0.2) is 0 Å². The second-order valence-corrected chi connectivity index (χ2v) is 6.41. The van der Waals surface area contributed by atoms with Crippen LogP contribution in [0.15, 0.2) is 24.3 Å². The maximum Gasteiger partial charge on any atom is 0.229 e. The zero-order valence-electron chi connectivity index (χ0n) is 13.8. The fraction of sp³-hybridized carbons (Fsp3) is 0.438. The normalized spacial score (nSPS) is 17.9. The summed E-state index contributed by atoms with van der Waals surface area (Å²) < 4.78 is 6.00. The van der Waals surface area contributed by atoms with Crippen molar-refractivity contribution in [2.45, 2.75) is 19.1 Å². The Morgan fingerprint density at radius 1 is 1.29 bits per heavy atom. The maximum atomic E-state index is 6.15. The second kappa shape index (κ2) is 7.19. The molecule has 0 aliphatic carbocycles. The summed E-state index contributed by atoms with van der Waals surface area (Å²) in [6.45, 7) is 2.34. The van der Waals surface area contributed by atoms with E-state index in [1.165, 1.54) is 0 Å². The van der Waals surface area contributed by atoms with Crippen LogP contribution in [0.3, 0.4) is 0 Å². The number of halogens is 1. The highest BCUT2D eigenvalue weighted by Gasteiger charge is 2.25. The lowest BCUT2D eigenvalue weighted by atomic mass is 10.3. The van der Waals surface area contributed by atoms with E-state index in [0.717, 1.165) is 25.3 Å². The Kier molecular flexibility index (Phi) is 5.01. The first kappa shape index (κ1) is 16.7. The van der Waals surface area contributed by atoms with Crippen molar-refractivity contribution in [2.24, 2.45) is 0 Å². The van der Waals surface area contributed by atoms with E-state index in [9.17, 15) is 0 Å². The van der Waals surface area contributed by atoms with Crippen LogP contribution in [-0.4, -0.2) is 53.1 Å². The minimum Gasteiger partial charge on any atom is -0.487 e. The first-order valence-corrected chi connectivity index (χ1v) is 8.20. The summed E-state index contributed by atoms with van der Waals surface area (Å²) in [7, 11) is 3.75. The molecule has 1 aromatic carbocycles. The van der Waals surface area contributed by atoms with Gasteiger partial charge in [-0.3, -0.25) is 4.90 Å². The van der Waals surface area contributed by atoms with E-state index in [0.29, 0.717) is 23.3 Å². The van der Waals surface area contributed by atoms with E-state index < -0.39 is 0 Å². The highest BCUT2D eigenvalue weighted by atomic mass is 35.5. The van der Waals surface area contributed by atoms with E-state index in [1.807, 2.05) is 43.3 Å². The Bertz CT molecular complexity index is 711. The Morgan fingerprint density at radius 2 is 2.08 bits per heavy atom. The molecule has 1 aromatic heterocycles. The van der Waals surface area contributed by atoms with E-state index in [1.54, 1.807) is 0 Å². The summed E-state index contributed by atoms with van der Waals surface area (Å²) in [5, 5.41) is 0.636. The number of anilines is 2. The van der Waals surface area contributed by atoms with Gasteiger partial charge in [0.2, 0.25) is 11.9 Å². The molecule has 128 valence electrons. The smallest absolute Gasteiger partial charge is 0.229 e. The number of hydrogen-bond donors (Lipinski definition) is 1. The predicted octanol–water partition coefficient (Wildman–Crippen LogP) is 1.83. The summed E-state index contributed by atoms with van der Waals surface area (Å²) in [6.07, 6.45) is 1.05. The summed E-state index contributed by atoms with van der Waals surface area (Å²) in [6, 6.07) is 7.54. The van der Waals surface area contributed by atoms with Gasteiger partial charge in [-0.1, -0.05) is 23.7 Å². The summed E-state index contributed by atoms with van der Waals surface area (Å²) in [5.41, 5.74) is 5.77. The minimum absolute atomic E-state index is 0.109. The second-order valence-electron chi connectivity index (χ2n) is 6.00. The van der Waals surface area contributed by atoms with Gasteiger partial charge in [0.15, 0.2) is 0 Å². The number of para-hydroxylation sites is 1. The molecular weight excluding hydrogens is 328 g/mol. The molecule has 2 aromatic rings. The number of ether oxygens (including phenoxy) is 1. The zero-order chi connectivity index (χ0) is 17.1. The summed E-state index contributed by atoms with van der Waals surface area (Å²) in [4.78, 5) is 16.8. The van der Waals surface area contributed by atoms with E-state index >= 15 is 0 Å². The van der Waals surface area contributed by atoms with Gasteiger partial charge in [-0.05, 0) is 18.6 Å². The average Bonchev–Trinajstić information content (AvgIpc) is 2.96. The molecule has 2 N–H and O–H groups in total. The van der Waals surface area contributed by atoms with Crippen molar-refractivity contribution < 1.29 is 4.74 Å². The Labute approximate surface area is 146 Å². The molecule has 1 aliphatic heterocycles. The van der Waals surface area contributed by atoms with Gasteiger partial charge in [-0.15, -0.1) is 0 Å². The van der Waals surface area contributed by atoms with Gasteiger partial charge in [0.1, 0.15) is 17.7 Å². The molecule has 8 heteroatoms. The largest absolute Gasteiger partial charge is 0.487 e. The van der Waals surface area contributed by atoms with Crippen molar-refractivity contribution in [3.05, 3.63) is 35.1 Å². The maximum absolute atomic E-state index is 6.15. The van der Waals surface area contributed by atoms with Gasteiger partial charge in [0.25, 0.3) is 0 Å². The monoisotopic (exact) mass is 348 g/mol. The molecule has 2 heterocycles. The molecular formula is C16H21ClN6O. The van der Waals surface area contributed by atoms with E-state index in [2.05, 4.69) is 19.9 Å². The zero-order valence-corrected chi connectivity index (χ0v) is 14.6. The fourth-order valence-corrected chi connectivity index (χ4v) is 2.83. The fourth-order valence-electron chi connectivity index (χ4n) is 2.65. The molecule has 0 radical (unpaired) electrons. The van der Waals surface area contributed by atoms with Crippen LogP contribution in [0.5, 0.6) is 5.75 Å². The SMILES string of the molecule is CN(C)c1nc(N)nc(CN2CCC(Oc3ccccc3Cl)C2)n1. The Morgan fingerprint density at radius 3 is 2.83 bits per heavy atom. The predicted molar refractivity (Wildman–Crippen MR) is 94.3 cm³/mol. The number of rotatable bonds is 5. The number of nitrogens with zero attached hydrogens (tertiary/aromatic N) is 5. The van der Waals surface area contributed by atoms with Crippen LogP contribution < -0.4 is 15.4 Å². The number of hydrogen-bond acceptors (Lipinski definition) is 7. The molecule has 1 unspecified atom stereocenters. The van der Waals surface area contributed by atoms with Crippen molar-refractivity contribution >= 4 is 23.5 Å². The first-order valence-electron chi connectivity index (χ1n) is 7.82. The third-order valence-corrected chi connectivity index (χ3v) is 4.12. The van der Waals surface area contributed by atoms with Crippen LogP contribution >= 0.6 is 11.6 Å². The lowest BCUT2D eigenvalue weighted by Crippen LogP contribution is -2.26. The Hall–Kier alpha value is -2.12. The van der Waals surface area contributed by atoms with Gasteiger partial charge < -0.3 is 15.4 Å².